The number of thiophene rings is 1. The van der Waals surface area contributed by atoms with Crippen molar-refractivity contribution < 1.29 is 8.42 Å². The largest absolute Gasteiger partial charge is 0.347 e. The Hall–Kier alpha value is -0.890. The van der Waals surface area contributed by atoms with Crippen molar-refractivity contribution in [3.8, 4) is 0 Å². The minimum Gasteiger partial charge on any atom is -0.347 e. The summed E-state index contributed by atoms with van der Waals surface area (Å²) in [7, 11) is -3.51. The van der Waals surface area contributed by atoms with Gasteiger partial charge in [-0.2, -0.15) is 0 Å². The van der Waals surface area contributed by atoms with Gasteiger partial charge in [-0.25, -0.2) is 18.1 Å². The van der Waals surface area contributed by atoms with E-state index in [4.69, 9.17) is 11.6 Å². The number of aryl methyl sites for hydroxylation is 1. The van der Waals surface area contributed by atoms with E-state index in [2.05, 4.69) is 14.7 Å². The number of halogens is 1. The molecule has 0 fully saturated rings. The summed E-state index contributed by atoms with van der Waals surface area (Å²) < 4.78 is 26.9. The van der Waals surface area contributed by atoms with Crippen LogP contribution in [0.1, 0.15) is 11.4 Å². The van der Waals surface area contributed by atoms with Crippen molar-refractivity contribution in [2.45, 2.75) is 17.7 Å². The lowest BCUT2D eigenvalue weighted by Crippen LogP contribution is -2.22. The maximum absolute atomic E-state index is 11.9. The topological polar surface area (TPSA) is 74.8 Å². The molecule has 17 heavy (non-hydrogen) atoms. The van der Waals surface area contributed by atoms with Gasteiger partial charge >= 0.3 is 0 Å². The Balaban J connectivity index is 2.14. The summed E-state index contributed by atoms with van der Waals surface area (Å²) >= 11 is 6.89. The smallest absolute Gasteiger partial charge is 0.250 e. The van der Waals surface area contributed by atoms with Crippen LogP contribution in [0.3, 0.4) is 0 Å². The molecule has 0 aliphatic carbocycles. The number of imidazole rings is 1. The molecule has 2 rings (SSSR count). The van der Waals surface area contributed by atoms with Gasteiger partial charge in [-0.1, -0.05) is 11.6 Å². The van der Waals surface area contributed by atoms with Crippen molar-refractivity contribution in [2.75, 3.05) is 0 Å². The highest BCUT2D eigenvalue weighted by molar-refractivity contribution is 7.91. The maximum Gasteiger partial charge on any atom is 0.250 e. The van der Waals surface area contributed by atoms with E-state index in [9.17, 15) is 8.42 Å². The van der Waals surface area contributed by atoms with Gasteiger partial charge in [-0.15, -0.1) is 11.3 Å². The van der Waals surface area contributed by atoms with Gasteiger partial charge in [0.1, 0.15) is 10.0 Å². The molecule has 2 aromatic heterocycles. The van der Waals surface area contributed by atoms with E-state index in [0.717, 1.165) is 16.9 Å². The molecule has 2 aromatic rings. The second-order valence-corrected chi connectivity index (χ2v) is 7.03. The molecule has 2 heterocycles. The fourth-order valence-corrected chi connectivity index (χ4v) is 3.93. The third-order valence-corrected chi connectivity index (χ3v) is 5.51. The Morgan fingerprint density at radius 3 is 2.88 bits per heavy atom. The minimum absolute atomic E-state index is 0.129. The zero-order chi connectivity index (χ0) is 12.5. The van der Waals surface area contributed by atoms with Gasteiger partial charge in [0, 0.05) is 12.4 Å². The first kappa shape index (κ1) is 12.6. The molecular formula is C9H10ClN3O2S2. The molecule has 0 aliphatic heterocycles. The average Bonchev–Trinajstić information content (AvgIpc) is 2.87. The number of nitrogens with one attached hydrogen (secondary N) is 2. The van der Waals surface area contributed by atoms with Gasteiger partial charge in [0.05, 0.1) is 10.9 Å². The van der Waals surface area contributed by atoms with Crippen LogP contribution in [-0.2, 0) is 16.6 Å². The van der Waals surface area contributed by atoms with Gasteiger partial charge in [0.2, 0.25) is 0 Å². The minimum atomic E-state index is -3.51. The Morgan fingerprint density at radius 2 is 2.35 bits per heavy atom. The van der Waals surface area contributed by atoms with E-state index in [1.165, 1.54) is 0 Å². The number of aromatic amines is 1. The fraction of sp³-hybridized carbons (Fsp3) is 0.222. The Labute approximate surface area is 108 Å². The van der Waals surface area contributed by atoms with Crippen LogP contribution in [0, 0.1) is 6.92 Å². The number of sulfonamides is 1. The molecule has 92 valence electrons. The van der Waals surface area contributed by atoms with E-state index in [1.807, 2.05) is 0 Å². The Morgan fingerprint density at radius 1 is 1.59 bits per heavy atom. The standard InChI is InChI=1S/C9H10ClN3O2S2/c1-6-4-8(16-9(6)10)17(14,15)13-5-7-11-2-3-12-7/h2-4,13H,5H2,1H3,(H,11,12). The first-order valence-corrected chi connectivity index (χ1v) is 7.40. The molecule has 0 aliphatic rings. The van der Waals surface area contributed by atoms with Crippen LogP contribution in [0.2, 0.25) is 4.34 Å². The summed E-state index contributed by atoms with van der Waals surface area (Å²) in [6.07, 6.45) is 3.20. The molecule has 2 N–H and O–H groups in total. The normalized spacial score (nSPS) is 11.9. The Bertz CT molecular complexity index is 585. The maximum atomic E-state index is 11.9. The molecule has 5 nitrogen and oxygen atoms in total. The summed E-state index contributed by atoms with van der Waals surface area (Å²) in [5, 5.41) is 0. The lowest BCUT2D eigenvalue weighted by atomic mass is 10.4. The first-order valence-electron chi connectivity index (χ1n) is 4.73. The van der Waals surface area contributed by atoms with Crippen molar-refractivity contribution >= 4 is 33.0 Å². The second kappa shape index (κ2) is 4.77. The highest BCUT2D eigenvalue weighted by Gasteiger charge is 2.18. The third-order valence-electron chi connectivity index (χ3n) is 2.08. The zero-order valence-corrected chi connectivity index (χ0v) is 11.3. The fourth-order valence-electron chi connectivity index (χ4n) is 1.19. The van der Waals surface area contributed by atoms with E-state index in [1.54, 1.807) is 25.4 Å². The van der Waals surface area contributed by atoms with Crippen LogP contribution in [-0.4, -0.2) is 18.4 Å². The van der Waals surface area contributed by atoms with Crippen molar-refractivity contribution in [1.82, 2.24) is 14.7 Å². The molecule has 0 saturated heterocycles. The predicted molar refractivity (Wildman–Crippen MR) is 66.7 cm³/mol. The summed E-state index contributed by atoms with van der Waals surface area (Å²) in [5.74, 6) is 0.563. The van der Waals surface area contributed by atoms with Crippen molar-refractivity contribution in [1.29, 1.82) is 0 Å². The number of nitrogens with zero attached hydrogens (tertiary/aromatic N) is 1. The summed E-state index contributed by atoms with van der Waals surface area (Å²) in [4.78, 5) is 6.75. The molecule has 0 bridgehead atoms. The highest BCUT2D eigenvalue weighted by atomic mass is 35.5. The van der Waals surface area contributed by atoms with Crippen molar-refractivity contribution in [2.24, 2.45) is 0 Å². The van der Waals surface area contributed by atoms with E-state index >= 15 is 0 Å². The number of hydrogen-bond acceptors (Lipinski definition) is 4. The predicted octanol–water partition coefficient (Wildman–Crippen LogP) is 1.91. The summed E-state index contributed by atoms with van der Waals surface area (Å²) in [5.41, 5.74) is 0.759. The lowest BCUT2D eigenvalue weighted by Gasteiger charge is -2.01. The quantitative estimate of drug-likeness (QED) is 0.903. The Kier molecular flexibility index (Phi) is 3.53. The van der Waals surface area contributed by atoms with Crippen molar-refractivity contribution in [3.05, 3.63) is 34.2 Å². The molecular weight excluding hydrogens is 282 g/mol. The second-order valence-electron chi connectivity index (χ2n) is 3.38. The number of aromatic nitrogens is 2. The van der Waals surface area contributed by atoms with E-state index in [-0.39, 0.29) is 10.8 Å². The van der Waals surface area contributed by atoms with Crippen molar-refractivity contribution in [3.63, 3.8) is 0 Å². The molecule has 8 heteroatoms. The van der Waals surface area contributed by atoms with Gasteiger partial charge in [0.25, 0.3) is 10.0 Å². The summed E-state index contributed by atoms with van der Waals surface area (Å²) in [6.45, 7) is 1.90. The molecule has 0 atom stereocenters. The van der Waals surface area contributed by atoms with Gasteiger partial charge < -0.3 is 4.98 Å². The molecule has 0 saturated carbocycles. The highest BCUT2D eigenvalue weighted by Crippen LogP contribution is 2.29. The van der Waals surface area contributed by atoms with E-state index in [0.29, 0.717) is 10.2 Å². The monoisotopic (exact) mass is 291 g/mol. The van der Waals surface area contributed by atoms with Gasteiger partial charge in [-0.3, -0.25) is 0 Å². The summed E-state index contributed by atoms with van der Waals surface area (Å²) in [6, 6.07) is 1.55. The van der Waals surface area contributed by atoms with Crippen LogP contribution in [0.25, 0.3) is 0 Å². The first-order chi connectivity index (χ1) is 7.99. The number of rotatable bonds is 4. The van der Waals surface area contributed by atoms with Crippen LogP contribution in [0.4, 0.5) is 0 Å². The third kappa shape index (κ3) is 2.86. The van der Waals surface area contributed by atoms with Gasteiger partial charge in [0.15, 0.2) is 0 Å². The average molecular weight is 292 g/mol. The molecule has 0 aromatic carbocycles. The number of hydrogen-bond donors (Lipinski definition) is 2. The molecule has 0 spiro atoms. The van der Waals surface area contributed by atoms with E-state index < -0.39 is 10.0 Å². The van der Waals surface area contributed by atoms with Crippen LogP contribution in [0.5, 0.6) is 0 Å². The van der Waals surface area contributed by atoms with Crippen LogP contribution in [0.15, 0.2) is 22.7 Å². The molecule has 0 unspecified atom stereocenters. The zero-order valence-electron chi connectivity index (χ0n) is 8.90. The van der Waals surface area contributed by atoms with Crippen LogP contribution >= 0.6 is 22.9 Å². The molecule has 0 amide bonds. The van der Waals surface area contributed by atoms with Crippen LogP contribution < -0.4 is 4.72 Å². The van der Waals surface area contributed by atoms with Gasteiger partial charge in [-0.05, 0) is 18.6 Å². The number of H-pyrrole nitrogens is 1. The molecule has 0 radical (unpaired) electrons. The SMILES string of the molecule is Cc1cc(S(=O)(=O)NCc2ncc[nH]2)sc1Cl. The lowest BCUT2D eigenvalue weighted by molar-refractivity contribution is 0.581.